The topological polar surface area (TPSA) is 52.6 Å². The minimum absolute atomic E-state index is 0.0410. The van der Waals surface area contributed by atoms with Crippen LogP contribution in [0.15, 0.2) is 18.2 Å². The average Bonchev–Trinajstić information content (AvgIpc) is 2.27. The largest absolute Gasteiger partial charge is 0.478 e. The highest BCUT2D eigenvalue weighted by Gasteiger charge is 2.21. The number of anilines is 1. The second-order valence-electron chi connectivity index (χ2n) is 5.41. The van der Waals surface area contributed by atoms with Crippen molar-refractivity contribution < 1.29 is 9.90 Å². The molecule has 1 rings (SSSR count). The summed E-state index contributed by atoms with van der Waals surface area (Å²) < 4.78 is 0. The average molecular weight is 250 g/mol. The Hall–Kier alpha value is -1.55. The molecule has 4 heteroatoms. The predicted octanol–water partition coefficient (Wildman–Crippen LogP) is 2.45. The molecule has 2 N–H and O–H groups in total. The van der Waals surface area contributed by atoms with E-state index in [-0.39, 0.29) is 5.54 Å². The number of carboxylic acids is 1. The van der Waals surface area contributed by atoms with Crippen LogP contribution in [-0.4, -0.2) is 42.2 Å². The molecule has 0 saturated heterocycles. The minimum Gasteiger partial charge on any atom is -0.478 e. The summed E-state index contributed by atoms with van der Waals surface area (Å²) in [7, 11) is 4.02. The van der Waals surface area contributed by atoms with E-state index in [1.165, 1.54) is 0 Å². The van der Waals surface area contributed by atoms with E-state index in [4.69, 9.17) is 0 Å². The quantitative estimate of drug-likeness (QED) is 0.843. The summed E-state index contributed by atoms with van der Waals surface area (Å²) in [5.74, 6) is -0.899. The van der Waals surface area contributed by atoms with E-state index in [2.05, 4.69) is 24.1 Å². The molecule has 100 valence electrons. The maximum atomic E-state index is 11.2. The van der Waals surface area contributed by atoms with Gasteiger partial charge in [0.05, 0.1) is 5.56 Å². The van der Waals surface area contributed by atoms with Crippen molar-refractivity contribution in [3.63, 3.8) is 0 Å². The summed E-state index contributed by atoms with van der Waals surface area (Å²) in [5, 5.41) is 12.4. The number of carbonyl (C=O) groups is 1. The molecule has 0 heterocycles. The van der Waals surface area contributed by atoms with Crippen molar-refractivity contribution in [2.75, 3.05) is 26.0 Å². The summed E-state index contributed by atoms with van der Waals surface area (Å²) in [6.45, 7) is 6.78. The van der Waals surface area contributed by atoms with Gasteiger partial charge in [-0.2, -0.15) is 0 Å². The van der Waals surface area contributed by atoms with Gasteiger partial charge in [0.2, 0.25) is 0 Å². The number of rotatable bonds is 5. The van der Waals surface area contributed by atoms with Crippen LogP contribution in [0.4, 0.5) is 5.69 Å². The highest BCUT2D eigenvalue weighted by atomic mass is 16.4. The van der Waals surface area contributed by atoms with Crippen LogP contribution in [-0.2, 0) is 0 Å². The molecule has 0 fully saturated rings. The van der Waals surface area contributed by atoms with E-state index in [1.54, 1.807) is 6.07 Å². The van der Waals surface area contributed by atoms with Gasteiger partial charge in [0.25, 0.3) is 0 Å². The Labute approximate surface area is 109 Å². The fourth-order valence-electron chi connectivity index (χ4n) is 1.46. The Morgan fingerprint density at radius 3 is 2.50 bits per heavy atom. The molecule has 0 aliphatic rings. The molecule has 1 aromatic carbocycles. The zero-order chi connectivity index (χ0) is 13.9. The first-order chi connectivity index (χ1) is 8.24. The van der Waals surface area contributed by atoms with Crippen LogP contribution < -0.4 is 5.32 Å². The van der Waals surface area contributed by atoms with Gasteiger partial charge >= 0.3 is 5.97 Å². The molecule has 0 radical (unpaired) electrons. The first-order valence-corrected chi connectivity index (χ1v) is 5.99. The van der Waals surface area contributed by atoms with Gasteiger partial charge in [0.1, 0.15) is 0 Å². The van der Waals surface area contributed by atoms with E-state index >= 15 is 0 Å². The molecule has 0 aliphatic carbocycles. The van der Waals surface area contributed by atoms with Gasteiger partial charge in [0, 0.05) is 17.8 Å². The SMILES string of the molecule is Cc1ccc(NCC(C)(C)N(C)C)c(C(=O)O)c1. The number of carboxylic acid groups (broad SMARTS) is 1. The molecule has 0 saturated carbocycles. The summed E-state index contributed by atoms with van der Waals surface area (Å²) in [5.41, 5.74) is 1.90. The summed E-state index contributed by atoms with van der Waals surface area (Å²) in [6.07, 6.45) is 0. The molecule has 0 spiro atoms. The predicted molar refractivity (Wildman–Crippen MR) is 74.4 cm³/mol. The van der Waals surface area contributed by atoms with Crippen LogP contribution >= 0.6 is 0 Å². The highest BCUT2D eigenvalue weighted by molar-refractivity contribution is 5.94. The van der Waals surface area contributed by atoms with Gasteiger partial charge in [-0.25, -0.2) is 4.79 Å². The number of hydrogen-bond donors (Lipinski definition) is 2. The zero-order valence-corrected chi connectivity index (χ0v) is 11.7. The fraction of sp³-hybridized carbons (Fsp3) is 0.500. The molecule has 1 aromatic rings. The van der Waals surface area contributed by atoms with Crippen molar-refractivity contribution in [3.8, 4) is 0 Å². The number of aromatic carboxylic acids is 1. The van der Waals surface area contributed by atoms with Crippen molar-refractivity contribution in [3.05, 3.63) is 29.3 Å². The molecule has 4 nitrogen and oxygen atoms in total. The van der Waals surface area contributed by atoms with Gasteiger partial charge in [-0.15, -0.1) is 0 Å². The van der Waals surface area contributed by atoms with Gasteiger partial charge in [-0.1, -0.05) is 11.6 Å². The third-order valence-electron chi connectivity index (χ3n) is 3.33. The molecule has 0 bridgehead atoms. The third kappa shape index (κ3) is 3.47. The van der Waals surface area contributed by atoms with Crippen LogP contribution in [0.25, 0.3) is 0 Å². The number of nitrogens with one attached hydrogen (secondary N) is 1. The van der Waals surface area contributed by atoms with Crippen LogP contribution in [0.1, 0.15) is 29.8 Å². The van der Waals surface area contributed by atoms with Gasteiger partial charge in [-0.05, 0) is 47.0 Å². The second-order valence-corrected chi connectivity index (χ2v) is 5.41. The second kappa shape index (κ2) is 5.40. The van der Waals surface area contributed by atoms with E-state index in [9.17, 15) is 9.90 Å². The lowest BCUT2D eigenvalue weighted by Crippen LogP contribution is -2.44. The summed E-state index contributed by atoms with van der Waals surface area (Å²) in [6, 6.07) is 5.43. The lowest BCUT2D eigenvalue weighted by atomic mass is 10.0. The van der Waals surface area contributed by atoms with Gasteiger partial charge < -0.3 is 15.3 Å². The Morgan fingerprint density at radius 1 is 1.39 bits per heavy atom. The van der Waals surface area contributed by atoms with Crippen LogP contribution in [0, 0.1) is 6.92 Å². The maximum Gasteiger partial charge on any atom is 0.337 e. The monoisotopic (exact) mass is 250 g/mol. The summed E-state index contributed by atoms with van der Waals surface area (Å²) in [4.78, 5) is 13.3. The Bertz CT molecular complexity index is 439. The van der Waals surface area contributed by atoms with Crippen molar-refractivity contribution in [2.24, 2.45) is 0 Å². The van der Waals surface area contributed by atoms with E-state index in [0.717, 1.165) is 5.56 Å². The Balaban J connectivity index is 2.89. The number of nitrogens with zero attached hydrogens (tertiary/aromatic N) is 1. The van der Waals surface area contributed by atoms with Crippen molar-refractivity contribution in [2.45, 2.75) is 26.3 Å². The van der Waals surface area contributed by atoms with Crippen molar-refractivity contribution in [1.29, 1.82) is 0 Å². The Kier molecular flexibility index (Phi) is 4.35. The smallest absolute Gasteiger partial charge is 0.337 e. The fourth-order valence-corrected chi connectivity index (χ4v) is 1.46. The summed E-state index contributed by atoms with van der Waals surface area (Å²) >= 11 is 0. The number of likely N-dealkylation sites (N-methyl/N-ethyl adjacent to an activating group) is 1. The first kappa shape index (κ1) is 14.5. The highest BCUT2D eigenvalue weighted by Crippen LogP contribution is 2.19. The van der Waals surface area contributed by atoms with Crippen molar-refractivity contribution in [1.82, 2.24) is 4.90 Å². The maximum absolute atomic E-state index is 11.2. The van der Waals surface area contributed by atoms with Crippen LogP contribution in [0.2, 0.25) is 0 Å². The molecule has 18 heavy (non-hydrogen) atoms. The molecule has 0 atom stereocenters. The van der Waals surface area contributed by atoms with E-state index < -0.39 is 5.97 Å². The molecular weight excluding hydrogens is 228 g/mol. The lowest BCUT2D eigenvalue weighted by Gasteiger charge is -2.33. The van der Waals surface area contributed by atoms with E-state index in [1.807, 2.05) is 33.2 Å². The zero-order valence-electron chi connectivity index (χ0n) is 11.7. The molecule has 0 unspecified atom stereocenters. The lowest BCUT2D eigenvalue weighted by molar-refractivity contribution is 0.0697. The van der Waals surface area contributed by atoms with Crippen molar-refractivity contribution >= 4 is 11.7 Å². The number of benzene rings is 1. The Morgan fingerprint density at radius 2 is 2.00 bits per heavy atom. The first-order valence-electron chi connectivity index (χ1n) is 5.99. The normalized spacial score (nSPS) is 11.7. The molecular formula is C14H22N2O2. The number of aryl methyl sites for hydroxylation is 1. The van der Waals surface area contributed by atoms with E-state index in [0.29, 0.717) is 17.8 Å². The minimum atomic E-state index is -0.899. The van der Waals surface area contributed by atoms with Gasteiger partial charge in [0.15, 0.2) is 0 Å². The standard InChI is InChI=1S/C14H22N2O2/c1-10-6-7-12(11(8-10)13(17)18)15-9-14(2,3)16(4)5/h6-8,15H,9H2,1-5H3,(H,17,18). The van der Waals surface area contributed by atoms with Gasteiger partial charge in [-0.3, -0.25) is 0 Å². The van der Waals surface area contributed by atoms with Crippen LogP contribution in [0.3, 0.4) is 0 Å². The molecule has 0 amide bonds. The molecule has 0 aromatic heterocycles. The number of hydrogen-bond acceptors (Lipinski definition) is 3. The van der Waals surface area contributed by atoms with Crippen LogP contribution in [0.5, 0.6) is 0 Å². The molecule has 0 aliphatic heterocycles. The third-order valence-corrected chi connectivity index (χ3v) is 3.33.